The van der Waals surface area contributed by atoms with Crippen LogP contribution in [0.15, 0.2) is 29.0 Å². The lowest BCUT2D eigenvalue weighted by Crippen LogP contribution is -2.47. The number of nitrogens with zero attached hydrogens (tertiary/aromatic N) is 2. The van der Waals surface area contributed by atoms with Gasteiger partial charge in [0, 0.05) is 31.0 Å². The second-order valence-corrected chi connectivity index (χ2v) is 6.62. The summed E-state index contributed by atoms with van der Waals surface area (Å²) in [6, 6.07) is 4.34. The Morgan fingerprint density at radius 3 is 2.58 bits per heavy atom. The molecule has 26 heavy (non-hydrogen) atoms. The lowest BCUT2D eigenvalue weighted by Gasteiger charge is -2.27. The molecule has 0 bridgehead atoms. The Bertz CT molecular complexity index is 805. The second-order valence-electron chi connectivity index (χ2n) is 5.84. The minimum atomic E-state index is -1.11. The maximum absolute atomic E-state index is 12.9. The molecule has 2 N–H and O–H groups in total. The highest BCUT2D eigenvalue weighted by atomic mass is 32.1. The van der Waals surface area contributed by atoms with E-state index >= 15 is 0 Å². The van der Waals surface area contributed by atoms with Gasteiger partial charge in [0.2, 0.25) is 5.91 Å². The number of pyridine rings is 1. The summed E-state index contributed by atoms with van der Waals surface area (Å²) in [5, 5.41) is 15.8. The molecule has 0 fully saturated rings. The van der Waals surface area contributed by atoms with Crippen LogP contribution in [0.25, 0.3) is 11.3 Å². The number of carboxylic acids is 1. The van der Waals surface area contributed by atoms with Gasteiger partial charge in [-0.3, -0.25) is 14.6 Å². The van der Waals surface area contributed by atoms with Crippen molar-refractivity contribution < 1.29 is 19.5 Å². The number of aryl methyl sites for hydroxylation is 1. The number of hydrogen-bond acceptors (Lipinski definition) is 5. The van der Waals surface area contributed by atoms with Crippen LogP contribution in [-0.2, 0) is 9.59 Å². The third kappa shape index (κ3) is 4.66. The van der Waals surface area contributed by atoms with Crippen LogP contribution in [-0.4, -0.2) is 51.9 Å². The van der Waals surface area contributed by atoms with Crippen LogP contribution in [0.1, 0.15) is 29.9 Å². The fourth-order valence-corrected chi connectivity index (χ4v) is 3.12. The molecule has 0 radical (unpaired) electrons. The van der Waals surface area contributed by atoms with E-state index in [0.29, 0.717) is 11.3 Å². The van der Waals surface area contributed by atoms with Gasteiger partial charge in [0.1, 0.15) is 6.04 Å². The Kier molecular flexibility index (Phi) is 6.46. The lowest BCUT2D eigenvalue weighted by atomic mass is 10.1. The molecule has 0 aliphatic carbocycles. The maximum Gasteiger partial charge on any atom is 0.326 e. The third-order valence-corrected chi connectivity index (χ3v) is 4.63. The molecular formula is C18H21N3O4S. The van der Waals surface area contributed by atoms with Crippen molar-refractivity contribution in [2.24, 2.45) is 0 Å². The summed E-state index contributed by atoms with van der Waals surface area (Å²) in [6.07, 6.45) is 0. The third-order valence-electron chi connectivity index (χ3n) is 3.95. The van der Waals surface area contributed by atoms with Gasteiger partial charge in [0.05, 0.1) is 17.0 Å². The summed E-state index contributed by atoms with van der Waals surface area (Å²) < 4.78 is 0. The summed E-state index contributed by atoms with van der Waals surface area (Å²) >= 11 is 1.56. The van der Waals surface area contributed by atoms with Crippen LogP contribution in [0.3, 0.4) is 0 Å². The van der Waals surface area contributed by atoms with Crippen LogP contribution in [0.2, 0.25) is 0 Å². The Morgan fingerprint density at radius 1 is 1.31 bits per heavy atom. The zero-order valence-corrected chi connectivity index (χ0v) is 15.7. The van der Waals surface area contributed by atoms with Gasteiger partial charge in [-0.2, -0.15) is 11.3 Å². The topological polar surface area (TPSA) is 99.6 Å². The molecule has 0 saturated carbocycles. The molecule has 0 saturated heterocycles. The van der Waals surface area contributed by atoms with Crippen LogP contribution in [0.4, 0.5) is 0 Å². The smallest absolute Gasteiger partial charge is 0.326 e. The number of rotatable bonds is 7. The predicted octanol–water partition coefficient (Wildman–Crippen LogP) is 2.17. The molecule has 2 amide bonds. The number of amides is 2. The van der Waals surface area contributed by atoms with Crippen molar-refractivity contribution in [2.45, 2.75) is 26.8 Å². The Hall–Kier alpha value is -2.74. The molecule has 2 rings (SSSR count). The normalized spacial score (nSPS) is 11.7. The number of thiophene rings is 1. The number of carbonyl (C=O) groups excluding carboxylic acids is 2. The molecule has 7 nitrogen and oxygen atoms in total. The van der Waals surface area contributed by atoms with Crippen molar-refractivity contribution >= 4 is 29.1 Å². The maximum atomic E-state index is 12.9. The zero-order valence-electron chi connectivity index (χ0n) is 14.9. The molecule has 0 spiro atoms. The molecular weight excluding hydrogens is 354 g/mol. The van der Waals surface area contributed by atoms with Crippen LogP contribution >= 0.6 is 11.3 Å². The highest BCUT2D eigenvalue weighted by Gasteiger charge is 2.27. The molecule has 0 aromatic carbocycles. The first-order chi connectivity index (χ1) is 12.3. The fraction of sp³-hybridized carbons (Fsp3) is 0.333. The van der Waals surface area contributed by atoms with Gasteiger partial charge in [-0.25, -0.2) is 4.79 Å². The number of hydrogen-bond donors (Lipinski definition) is 2. The van der Waals surface area contributed by atoms with E-state index in [1.54, 1.807) is 30.4 Å². The minimum absolute atomic E-state index is 0.0948. The molecule has 2 heterocycles. The van der Waals surface area contributed by atoms with Gasteiger partial charge in [-0.1, -0.05) is 0 Å². The van der Waals surface area contributed by atoms with E-state index in [1.807, 2.05) is 16.8 Å². The highest BCUT2D eigenvalue weighted by Crippen LogP contribution is 2.22. The SMILES string of the molecule is CC(=O)NCCN(C(=O)c1ccc(-c2ccsc2)nc1C)C(C)C(=O)O. The highest BCUT2D eigenvalue weighted by molar-refractivity contribution is 7.08. The molecule has 2 aromatic heterocycles. The summed E-state index contributed by atoms with van der Waals surface area (Å²) in [5.41, 5.74) is 2.61. The number of aromatic nitrogens is 1. The van der Waals surface area contributed by atoms with E-state index < -0.39 is 17.9 Å². The summed E-state index contributed by atoms with van der Waals surface area (Å²) in [6.45, 7) is 4.80. The number of nitrogens with one attached hydrogen (secondary N) is 1. The van der Waals surface area contributed by atoms with Crippen LogP contribution in [0.5, 0.6) is 0 Å². The van der Waals surface area contributed by atoms with Crippen molar-refractivity contribution in [3.63, 3.8) is 0 Å². The molecule has 1 atom stereocenters. The first-order valence-electron chi connectivity index (χ1n) is 8.09. The Morgan fingerprint density at radius 2 is 2.04 bits per heavy atom. The lowest BCUT2D eigenvalue weighted by molar-refractivity contribution is -0.141. The van der Waals surface area contributed by atoms with Gasteiger partial charge in [0.25, 0.3) is 5.91 Å². The Balaban J connectivity index is 2.26. The molecule has 1 unspecified atom stereocenters. The summed E-state index contributed by atoms with van der Waals surface area (Å²) in [7, 11) is 0. The fourth-order valence-electron chi connectivity index (χ4n) is 2.47. The van der Waals surface area contributed by atoms with Crippen molar-refractivity contribution in [1.82, 2.24) is 15.2 Å². The first kappa shape index (κ1) is 19.6. The van der Waals surface area contributed by atoms with Gasteiger partial charge in [-0.05, 0) is 37.4 Å². The summed E-state index contributed by atoms with van der Waals surface area (Å²) in [4.78, 5) is 41.0. The number of carboxylic acid groups (broad SMARTS) is 1. The quantitative estimate of drug-likeness (QED) is 0.773. The van der Waals surface area contributed by atoms with Crippen molar-refractivity contribution in [2.75, 3.05) is 13.1 Å². The first-order valence-corrected chi connectivity index (χ1v) is 9.04. The largest absolute Gasteiger partial charge is 0.480 e. The van der Waals surface area contributed by atoms with Crippen LogP contribution in [0, 0.1) is 6.92 Å². The van der Waals surface area contributed by atoms with E-state index in [1.165, 1.54) is 18.7 Å². The van der Waals surface area contributed by atoms with E-state index in [4.69, 9.17) is 0 Å². The van der Waals surface area contributed by atoms with Crippen molar-refractivity contribution in [1.29, 1.82) is 0 Å². The van der Waals surface area contributed by atoms with Crippen LogP contribution < -0.4 is 5.32 Å². The molecule has 8 heteroatoms. The predicted molar refractivity (Wildman–Crippen MR) is 99.1 cm³/mol. The Labute approximate surface area is 155 Å². The van der Waals surface area contributed by atoms with Gasteiger partial charge in [-0.15, -0.1) is 0 Å². The van der Waals surface area contributed by atoms with Crippen molar-refractivity contribution in [3.05, 3.63) is 40.2 Å². The molecule has 0 aliphatic rings. The van der Waals surface area contributed by atoms with Crippen molar-refractivity contribution in [3.8, 4) is 11.3 Å². The van der Waals surface area contributed by atoms with E-state index in [-0.39, 0.29) is 19.0 Å². The standard InChI is InChI=1S/C18H21N3O4S/c1-11-15(4-5-16(20-11)14-6-9-26-10-14)17(23)21(12(2)18(24)25)8-7-19-13(3)22/h4-6,9-10,12H,7-8H2,1-3H3,(H,19,22)(H,24,25). The monoisotopic (exact) mass is 375 g/mol. The molecule has 138 valence electrons. The molecule has 2 aromatic rings. The average Bonchev–Trinajstić information content (AvgIpc) is 3.11. The van der Waals surface area contributed by atoms with Gasteiger partial charge < -0.3 is 15.3 Å². The number of carbonyl (C=O) groups is 3. The average molecular weight is 375 g/mol. The van der Waals surface area contributed by atoms with Gasteiger partial charge in [0.15, 0.2) is 0 Å². The van der Waals surface area contributed by atoms with E-state index in [2.05, 4.69) is 10.3 Å². The van der Waals surface area contributed by atoms with Gasteiger partial charge >= 0.3 is 5.97 Å². The number of aliphatic carboxylic acids is 1. The van der Waals surface area contributed by atoms with E-state index in [9.17, 15) is 19.5 Å². The minimum Gasteiger partial charge on any atom is -0.480 e. The van der Waals surface area contributed by atoms with E-state index in [0.717, 1.165) is 11.3 Å². The zero-order chi connectivity index (χ0) is 19.3. The second kappa shape index (κ2) is 8.57. The summed E-state index contributed by atoms with van der Waals surface area (Å²) in [5.74, 6) is -1.77. The molecule has 0 aliphatic heterocycles.